The second kappa shape index (κ2) is 4.86. The van der Waals surface area contributed by atoms with Gasteiger partial charge in [0.05, 0.1) is 17.2 Å². The van der Waals surface area contributed by atoms with Crippen molar-refractivity contribution < 1.29 is 14.0 Å². The Morgan fingerprint density at radius 2 is 1.68 bits per heavy atom. The number of aryl methyl sites for hydroxylation is 1. The summed E-state index contributed by atoms with van der Waals surface area (Å²) in [6.45, 7) is 1.73. The number of nitrogens with one attached hydrogen (secondary N) is 2. The first-order valence-electron chi connectivity index (χ1n) is 8.20. The average molecular weight is 302 g/mol. The zero-order chi connectivity index (χ0) is 15.3. The van der Waals surface area contributed by atoms with Gasteiger partial charge in [0, 0.05) is 0 Å². The molecule has 0 atom stereocenters. The van der Waals surface area contributed by atoms with Crippen LogP contribution in [0.25, 0.3) is 0 Å². The average Bonchev–Trinajstić information content (AvgIpc) is 2.89. The van der Waals surface area contributed by atoms with E-state index in [4.69, 9.17) is 4.42 Å². The monoisotopic (exact) mass is 302 g/mol. The van der Waals surface area contributed by atoms with Crippen molar-refractivity contribution in [2.24, 2.45) is 23.2 Å². The molecule has 0 aliphatic heterocycles. The van der Waals surface area contributed by atoms with E-state index in [2.05, 4.69) is 10.9 Å². The van der Waals surface area contributed by atoms with Crippen LogP contribution < -0.4 is 10.9 Å². The van der Waals surface area contributed by atoms with Gasteiger partial charge in [0.2, 0.25) is 5.91 Å². The first kappa shape index (κ1) is 13.9. The van der Waals surface area contributed by atoms with E-state index in [9.17, 15) is 9.59 Å². The van der Waals surface area contributed by atoms with Crippen LogP contribution in [-0.4, -0.2) is 11.8 Å². The fourth-order valence-electron chi connectivity index (χ4n) is 5.32. The van der Waals surface area contributed by atoms with Crippen LogP contribution in [0.1, 0.15) is 54.6 Å². The summed E-state index contributed by atoms with van der Waals surface area (Å²) in [4.78, 5) is 24.8. The Kier molecular flexibility index (Phi) is 3.06. The van der Waals surface area contributed by atoms with Gasteiger partial charge in [0.25, 0.3) is 5.91 Å². The minimum atomic E-state index is -0.315. The van der Waals surface area contributed by atoms with Crippen LogP contribution in [0.15, 0.2) is 16.7 Å². The van der Waals surface area contributed by atoms with E-state index in [0.717, 1.165) is 19.3 Å². The highest BCUT2D eigenvalue weighted by Gasteiger charge is 2.54. The molecule has 0 unspecified atom stereocenters. The molecule has 4 aliphatic rings. The predicted octanol–water partition coefficient (Wildman–Crippen LogP) is 2.57. The molecule has 1 heterocycles. The standard InChI is InChI=1S/C17H22N2O3/c1-10-14(2-3-22-10)15(20)18-19-16(21)17-7-11-4-12(8-17)6-13(5-11)9-17/h2-3,11-13H,4-9H2,1H3,(H,18,20)(H,19,21). The van der Waals surface area contributed by atoms with Gasteiger partial charge in [0.15, 0.2) is 0 Å². The van der Waals surface area contributed by atoms with Crippen molar-refractivity contribution in [3.8, 4) is 0 Å². The summed E-state index contributed by atoms with van der Waals surface area (Å²) >= 11 is 0. The topological polar surface area (TPSA) is 71.3 Å². The lowest BCUT2D eigenvalue weighted by Gasteiger charge is -2.55. The Hall–Kier alpha value is -1.78. The van der Waals surface area contributed by atoms with Crippen LogP contribution in [0, 0.1) is 30.1 Å². The lowest BCUT2D eigenvalue weighted by atomic mass is 9.49. The number of carbonyl (C=O) groups is 2. The van der Waals surface area contributed by atoms with Gasteiger partial charge in [-0.05, 0) is 69.3 Å². The normalized spacial score (nSPS) is 35.4. The quantitative estimate of drug-likeness (QED) is 0.825. The minimum Gasteiger partial charge on any atom is -0.469 e. The molecule has 1 aromatic rings. The maximum Gasteiger partial charge on any atom is 0.273 e. The Morgan fingerprint density at radius 1 is 1.09 bits per heavy atom. The number of hydrazine groups is 1. The third-order valence-electron chi connectivity index (χ3n) is 5.91. The molecule has 0 radical (unpaired) electrons. The molecule has 0 spiro atoms. The Balaban J connectivity index is 1.42. The molecule has 4 bridgehead atoms. The molecule has 22 heavy (non-hydrogen) atoms. The van der Waals surface area contributed by atoms with E-state index in [1.165, 1.54) is 25.5 Å². The number of hydrogen-bond acceptors (Lipinski definition) is 3. The summed E-state index contributed by atoms with van der Waals surface area (Å²) in [6, 6.07) is 1.61. The number of hydrogen-bond donors (Lipinski definition) is 2. The molecular formula is C17H22N2O3. The summed E-state index contributed by atoms with van der Waals surface area (Å²) in [7, 11) is 0. The lowest BCUT2D eigenvalue weighted by molar-refractivity contribution is -0.147. The maximum absolute atomic E-state index is 12.7. The zero-order valence-corrected chi connectivity index (χ0v) is 12.9. The number of carbonyl (C=O) groups excluding carboxylic acids is 2. The van der Waals surface area contributed by atoms with Gasteiger partial charge in [-0.1, -0.05) is 0 Å². The molecule has 5 nitrogen and oxygen atoms in total. The second-order valence-electron chi connectivity index (χ2n) is 7.50. The highest BCUT2D eigenvalue weighted by Crippen LogP contribution is 2.59. The Bertz CT molecular complexity index is 584. The summed E-state index contributed by atoms with van der Waals surface area (Å²) < 4.78 is 5.12. The fourth-order valence-corrected chi connectivity index (χ4v) is 5.32. The first-order valence-corrected chi connectivity index (χ1v) is 8.20. The van der Waals surface area contributed by atoms with Crippen molar-refractivity contribution in [3.05, 3.63) is 23.7 Å². The van der Waals surface area contributed by atoms with E-state index in [1.54, 1.807) is 13.0 Å². The lowest BCUT2D eigenvalue weighted by Crippen LogP contribution is -2.56. The van der Waals surface area contributed by atoms with E-state index in [0.29, 0.717) is 29.1 Å². The molecule has 2 N–H and O–H groups in total. The molecule has 4 saturated carbocycles. The van der Waals surface area contributed by atoms with Gasteiger partial charge in [0.1, 0.15) is 5.76 Å². The van der Waals surface area contributed by atoms with E-state index < -0.39 is 0 Å². The van der Waals surface area contributed by atoms with Gasteiger partial charge >= 0.3 is 0 Å². The predicted molar refractivity (Wildman–Crippen MR) is 79.7 cm³/mol. The molecule has 4 fully saturated rings. The minimum absolute atomic E-state index is 0.00102. The molecule has 4 aliphatic carbocycles. The third kappa shape index (κ3) is 2.14. The van der Waals surface area contributed by atoms with E-state index in [-0.39, 0.29) is 17.2 Å². The van der Waals surface area contributed by atoms with Crippen molar-refractivity contribution >= 4 is 11.8 Å². The van der Waals surface area contributed by atoms with Gasteiger partial charge in [-0.2, -0.15) is 0 Å². The molecule has 0 saturated heterocycles. The summed E-state index contributed by atoms with van der Waals surface area (Å²) in [5.41, 5.74) is 5.45. The van der Waals surface area contributed by atoms with Gasteiger partial charge in [-0.15, -0.1) is 0 Å². The molecule has 1 aromatic heterocycles. The highest BCUT2D eigenvalue weighted by molar-refractivity contribution is 5.96. The van der Waals surface area contributed by atoms with Crippen LogP contribution >= 0.6 is 0 Å². The number of amides is 2. The van der Waals surface area contributed by atoms with Crippen molar-refractivity contribution in [3.63, 3.8) is 0 Å². The van der Waals surface area contributed by atoms with Crippen molar-refractivity contribution in [2.45, 2.75) is 45.4 Å². The Morgan fingerprint density at radius 3 is 2.18 bits per heavy atom. The van der Waals surface area contributed by atoms with Gasteiger partial charge in [-0.25, -0.2) is 0 Å². The molecule has 5 heteroatoms. The summed E-state index contributed by atoms with van der Waals surface area (Å²) in [5.74, 6) is 2.38. The molecule has 118 valence electrons. The highest BCUT2D eigenvalue weighted by atomic mass is 16.3. The largest absolute Gasteiger partial charge is 0.469 e. The van der Waals surface area contributed by atoms with Crippen LogP contribution in [-0.2, 0) is 4.79 Å². The second-order valence-corrected chi connectivity index (χ2v) is 7.50. The van der Waals surface area contributed by atoms with Crippen LogP contribution in [0.4, 0.5) is 0 Å². The fraction of sp³-hybridized carbons (Fsp3) is 0.647. The van der Waals surface area contributed by atoms with Gasteiger partial charge in [-0.3, -0.25) is 20.4 Å². The molecule has 2 amide bonds. The summed E-state index contributed by atoms with van der Waals surface area (Å²) in [6.07, 6.45) is 8.35. The van der Waals surface area contributed by atoms with E-state index >= 15 is 0 Å². The van der Waals surface area contributed by atoms with Crippen molar-refractivity contribution in [1.82, 2.24) is 10.9 Å². The first-order chi connectivity index (χ1) is 10.6. The molecule has 5 rings (SSSR count). The van der Waals surface area contributed by atoms with Crippen molar-refractivity contribution in [1.29, 1.82) is 0 Å². The smallest absolute Gasteiger partial charge is 0.273 e. The SMILES string of the molecule is Cc1occc1C(=O)NNC(=O)C12CC3CC(CC(C3)C1)C2. The van der Waals surface area contributed by atoms with Crippen molar-refractivity contribution in [2.75, 3.05) is 0 Å². The number of furan rings is 1. The molecule has 0 aromatic carbocycles. The maximum atomic E-state index is 12.7. The zero-order valence-electron chi connectivity index (χ0n) is 12.9. The van der Waals surface area contributed by atoms with Crippen LogP contribution in [0.5, 0.6) is 0 Å². The van der Waals surface area contributed by atoms with E-state index in [1.807, 2.05) is 0 Å². The third-order valence-corrected chi connectivity index (χ3v) is 5.91. The van der Waals surface area contributed by atoms with Crippen LogP contribution in [0.2, 0.25) is 0 Å². The van der Waals surface area contributed by atoms with Gasteiger partial charge < -0.3 is 4.42 Å². The Labute approximate surface area is 129 Å². The molecular weight excluding hydrogens is 280 g/mol. The summed E-state index contributed by atoms with van der Waals surface area (Å²) in [5, 5.41) is 0. The van der Waals surface area contributed by atoms with Crippen LogP contribution in [0.3, 0.4) is 0 Å². The number of rotatable bonds is 2.